The highest BCUT2D eigenvalue weighted by molar-refractivity contribution is 6.33. The second kappa shape index (κ2) is 6.28. The summed E-state index contributed by atoms with van der Waals surface area (Å²) in [7, 11) is 1.62. The number of aliphatic hydroxyl groups excluding tert-OH is 1. The van der Waals surface area contributed by atoms with Crippen LogP contribution in [-0.4, -0.2) is 19.9 Å². The minimum Gasteiger partial charge on any atom is -0.380 e. The molecule has 1 aromatic heterocycles. The fourth-order valence-electron chi connectivity index (χ4n) is 2.25. The van der Waals surface area contributed by atoms with Gasteiger partial charge in [0.2, 0.25) is 0 Å². The minimum absolute atomic E-state index is 0.110. The molecule has 1 atom stereocenters. The zero-order chi connectivity index (χ0) is 16.6. The van der Waals surface area contributed by atoms with Crippen LogP contribution in [0.2, 0.25) is 10.0 Å². The first-order valence-corrected chi connectivity index (χ1v) is 7.52. The van der Waals surface area contributed by atoms with Crippen molar-refractivity contribution in [2.45, 2.75) is 6.10 Å². The lowest BCUT2D eigenvalue weighted by atomic mass is 10.1. The quantitative estimate of drug-likeness (QED) is 0.775. The monoisotopic (exact) mass is 351 g/mol. The van der Waals surface area contributed by atoms with Crippen molar-refractivity contribution in [1.82, 2.24) is 14.8 Å². The zero-order valence-electron chi connectivity index (χ0n) is 12.0. The van der Waals surface area contributed by atoms with Gasteiger partial charge in [-0.25, -0.2) is 14.1 Å². The van der Waals surface area contributed by atoms with E-state index in [-0.39, 0.29) is 22.2 Å². The van der Waals surface area contributed by atoms with E-state index >= 15 is 0 Å². The van der Waals surface area contributed by atoms with Gasteiger partial charge in [0.05, 0.1) is 10.6 Å². The number of halogens is 3. The summed E-state index contributed by atoms with van der Waals surface area (Å²) in [5, 5.41) is 15.4. The van der Waals surface area contributed by atoms with E-state index in [0.29, 0.717) is 10.6 Å². The predicted molar refractivity (Wildman–Crippen MR) is 86.9 cm³/mol. The Morgan fingerprint density at radius 2 is 1.83 bits per heavy atom. The molecule has 0 saturated carbocycles. The number of rotatable bonds is 3. The molecule has 0 amide bonds. The summed E-state index contributed by atoms with van der Waals surface area (Å²) in [4.78, 5) is 4.24. The molecule has 118 valence electrons. The van der Waals surface area contributed by atoms with Gasteiger partial charge in [-0.15, -0.1) is 0 Å². The molecule has 0 saturated heterocycles. The van der Waals surface area contributed by atoms with E-state index < -0.39 is 11.9 Å². The lowest BCUT2D eigenvalue weighted by Crippen LogP contribution is -2.07. The average molecular weight is 352 g/mol. The van der Waals surface area contributed by atoms with Gasteiger partial charge in [0.25, 0.3) is 0 Å². The van der Waals surface area contributed by atoms with Crippen LogP contribution in [0.5, 0.6) is 0 Å². The molecule has 0 aliphatic rings. The van der Waals surface area contributed by atoms with Gasteiger partial charge in [0.1, 0.15) is 11.9 Å². The van der Waals surface area contributed by atoms with Gasteiger partial charge in [-0.1, -0.05) is 41.4 Å². The number of hydrogen-bond donors (Lipinski definition) is 1. The molecule has 3 rings (SSSR count). The first-order valence-electron chi connectivity index (χ1n) is 6.76. The fraction of sp³-hybridized carbons (Fsp3) is 0.125. The maximum atomic E-state index is 14.0. The molecule has 0 bridgehead atoms. The first-order chi connectivity index (χ1) is 11.0. The maximum Gasteiger partial charge on any atom is 0.185 e. The fourth-order valence-corrected chi connectivity index (χ4v) is 2.62. The smallest absolute Gasteiger partial charge is 0.185 e. The normalized spacial score (nSPS) is 12.4. The molecule has 1 unspecified atom stereocenters. The molecular formula is C16H12Cl2FN3O. The molecule has 0 aliphatic carbocycles. The lowest BCUT2D eigenvalue weighted by molar-refractivity contribution is 0.204. The van der Waals surface area contributed by atoms with Crippen LogP contribution >= 0.6 is 23.2 Å². The third kappa shape index (κ3) is 3.08. The van der Waals surface area contributed by atoms with Gasteiger partial charge in [0, 0.05) is 12.1 Å². The van der Waals surface area contributed by atoms with Gasteiger partial charge in [-0.05, 0) is 29.8 Å². The Kier molecular flexibility index (Phi) is 4.35. The van der Waals surface area contributed by atoms with Crippen LogP contribution in [0.15, 0.2) is 42.5 Å². The summed E-state index contributed by atoms with van der Waals surface area (Å²) < 4.78 is 15.4. The summed E-state index contributed by atoms with van der Waals surface area (Å²) in [5.41, 5.74) is 0.718. The van der Waals surface area contributed by atoms with Gasteiger partial charge in [0.15, 0.2) is 11.6 Å². The maximum absolute atomic E-state index is 14.0. The Hall–Kier alpha value is -1.95. The molecule has 0 fully saturated rings. The zero-order valence-corrected chi connectivity index (χ0v) is 13.6. The van der Waals surface area contributed by atoms with E-state index in [1.165, 1.54) is 16.8 Å². The van der Waals surface area contributed by atoms with Crippen LogP contribution < -0.4 is 0 Å². The van der Waals surface area contributed by atoms with Gasteiger partial charge in [-0.2, -0.15) is 5.10 Å². The third-order valence-electron chi connectivity index (χ3n) is 3.41. The number of benzene rings is 2. The molecule has 23 heavy (non-hydrogen) atoms. The van der Waals surface area contributed by atoms with Crippen LogP contribution in [-0.2, 0) is 7.05 Å². The number of aryl methyl sites for hydroxylation is 1. The largest absolute Gasteiger partial charge is 0.380 e. The molecule has 0 aliphatic heterocycles. The summed E-state index contributed by atoms with van der Waals surface area (Å²) in [6, 6.07) is 11.1. The Morgan fingerprint density at radius 1 is 1.13 bits per heavy atom. The highest BCUT2D eigenvalue weighted by Crippen LogP contribution is 2.30. The number of hydrogen-bond acceptors (Lipinski definition) is 3. The first kappa shape index (κ1) is 15.9. The Morgan fingerprint density at radius 3 is 2.48 bits per heavy atom. The molecule has 7 heteroatoms. The summed E-state index contributed by atoms with van der Waals surface area (Å²) in [5.74, 6) is -0.115. The van der Waals surface area contributed by atoms with Gasteiger partial charge < -0.3 is 5.11 Å². The van der Waals surface area contributed by atoms with Gasteiger partial charge >= 0.3 is 0 Å². The van der Waals surface area contributed by atoms with Crippen LogP contribution in [0.4, 0.5) is 4.39 Å². The molecule has 0 radical (unpaired) electrons. The van der Waals surface area contributed by atoms with E-state index in [2.05, 4.69) is 10.1 Å². The van der Waals surface area contributed by atoms with Crippen molar-refractivity contribution in [2.24, 2.45) is 7.05 Å². The van der Waals surface area contributed by atoms with Crippen LogP contribution in [0, 0.1) is 5.82 Å². The standard InChI is InChI=1S/C16H12Cl2FN3O/c1-22-16(14(23)9-5-7-10(17)8-6-9)20-15(21-22)13-11(18)3-2-4-12(13)19/h2-8,14,23H,1H3. The van der Waals surface area contributed by atoms with Crippen molar-refractivity contribution in [3.8, 4) is 11.4 Å². The van der Waals surface area contributed by atoms with Crippen molar-refractivity contribution in [2.75, 3.05) is 0 Å². The topological polar surface area (TPSA) is 50.9 Å². The lowest BCUT2D eigenvalue weighted by Gasteiger charge is -2.09. The Bertz CT molecular complexity index is 829. The minimum atomic E-state index is -1.01. The van der Waals surface area contributed by atoms with Crippen LogP contribution in [0.1, 0.15) is 17.5 Å². The highest BCUT2D eigenvalue weighted by atomic mass is 35.5. The van der Waals surface area contributed by atoms with Crippen LogP contribution in [0.25, 0.3) is 11.4 Å². The van der Waals surface area contributed by atoms with Crippen LogP contribution in [0.3, 0.4) is 0 Å². The van der Waals surface area contributed by atoms with Crippen molar-refractivity contribution in [3.05, 3.63) is 69.7 Å². The second-order valence-electron chi connectivity index (χ2n) is 4.97. The molecule has 2 aromatic carbocycles. The highest BCUT2D eigenvalue weighted by Gasteiger charge is 2.21. The number of aliphatic hydroxyl groups is 1. The van der Waals surface area contributed by atoms with E-state index in [0.717, 1.165) is 0 Å². The Balaban J connectivity index is 2.03. The van der Waals surface area contributed by atoms with E-state index in [9.17, 15) is 9.50 Å². The van der Waals surface area contributed by atoms with Crippen molar-refractivity contribution >= 4 is 23.2 Å². The molecule has 1 heterocycles. The molecule has 0 spiro atoms. The SMILES string of the molecule is Cn1nc(-c2c(F)cccc2Cl)nc1C(O)c1ccc(Cl)cc1. The summed E-state index contributed by atoms with van der Waals surface area (Å²) in [6.07, 6.45) is -1.01. The molecule has 1 N–H and O–H groups in total. The summed E-state index contributed by atoms with van der Waals surface area (Å²) in [6.45, 7) is 0. The van der Waals surface area contributed by atoms with Crippen molar-refractivity contribution in [3.63, 3.8) is 0 Å². The van der Waals surface area contributed by atoms with Crippen molar-refractivity contribution in [1.29, 1.82) is 0 Å². The number of aromatic nitrogens is 3. The van der Waals surface area contributed by atoms with Gasteiger partial charge in [-0.3, -0.25) is 0 Å². The average Bonchev–Trinajstić information content (AvgIpc) is 2.89. The van der Waals surface area contributed by atoms with E-state index in [1.54, 1.807) is 37.4 Å². The van der Waals surface area contributed by atoms with Crippen molar-refractivity contribution < 1.29 is 9.50 Å². The number of nitrogens with zero attached hydrogens (tertiary/aromatic N) is 3. The Labute approximate surface area is 142 Å². The van der Waals surface area contributed by atoms with E-state index in [4.69, 9.17) is 23.2 Å². The second-order valence-corrected chi connectivity index (χ2v) is 5.81. The summed E-state index contributed by atoms with van der Waals surface area (Å²) >= 11 is 11.9. The molecular weight excluding hydrogens is 340 g/mol. The molecule has 3 aromatic rings. The van der Waals surface area contributed by atoms with E-state index in [1.807, 2.05) is 0 Å². The predicted octanol–water partition coefficient (Wildman–Crippen LogP) is 4.01. The third-order valence-corrected chi connectivity index (χ3v) is 3.98. The molecule has 4 nitrogen and oxygen atoms in total.